The number of hydrogen-bond acceptors (Lipinski definition) is 7. The first-order valence-corrected chi connectivity index (χ1v) is 12.4. The monoisotopic (exact) mass is 560 g/mol. The van der Waals surface area contributed by atoms with Crippen LogP contribution in [-0.2, 0) is 6.42 Å². The van der Waals surface area contributed by atoms with Crippen molar-refractivity contribution in [3.05, 3.63) is 82.5 Å². The number of β-amino-alcohol motifs (C(OH)–C–C–N with tert-alkyl or cyclic N) is 1. The first-order chi connectivity index (χ1) is 17.6. The standard InChI is InChI=1S/C29H32N2O5.2ClH/c1-34-23-8-6-21(7-9-23)12-13-30-14-16-31(17-15-30)19-22(32)20-35-24-10-11-28-26(18-24)29(33)25-4-2-3-5-27(25)36-28;;/h2-11,18,22,32H,12-17,19-20H2,1H3;2*1H. The Labute approximate surface area is 234 Å². The summed E-state index contributed by atoms with van der Waals surface area (Å²) in [5.41, 5.74) is 2.32. The maximum Gasteiger partial charge on any atom is 0.200 e. The molecule has 1 aliphatic rings. The molecule has 0 amide bonds. The fraction of sp³-hybridized carbons (Fsp3) is 0.345. The molecule has 0 radical (unpaired) electrons. The third kappa shape index (κ3) is 7.18. The quantitative estimate of drug-likeness (QED) is 0.304. The van der Waals surface area contributed by atoms with Crippen LogP contribution in [0.15, 0.2) is 75.9 Å². The number of piperazine rings is 1. The number of methoxy groups -OCH3 is 1. The van der Waals surface area contributed by atoms with Crippen molar-refractivity contribution in [2.45, 2.75) is 12.5 Å². The predicted molar refractivity (Wildman–Crippen MR) is 156 cm³/mol. The van der Waals surface area contributed by atoms with Gasteiger partial charge in [-0.25, -0.2) is 0 Å². The van der Waals surface area contributed by atoms with Crippen molar-refractivity contribution in [3.63, 3.8) is 0 Å². The van der Waals surface area contributed by atoms with E-state index in [0.29, 0.717) is 34.2 Å². The molecule has 1 N–H and O–H groups in total. The van der Waals surface area contributed by atoms with Crippen molar-refractivity contribution in [1.82, 2.24) is 9.80 Å². The average molecular weight is 562 g/mol. The SMILES string of the molecule is COc1ccc(CCN2CCN(CC(O)COc3ccc4oc5ccccc5c(=O)c4c3)CC2)cc1.Cl.Cl. The summed E-state index contributed by atoms with van der Waals surface area (Å²) < 4.78 is 16.9. The van der Waals surface area contributed by atoms with Crippen LogP contribution < -0.4 is 14.9 Å². The second-order valence-corrected chi connectivity index (χ2v) is 9.29. The number of aliphatic hydroxyl groups excluding tert-OH is 1. The van der Waals surface area contributed by atoms with E-state index in [1.807, 2.05) is 24.3 Å². The van der Waals surface area contributed by atoms with Gasteiger partial charge in [-0.1, -0.05) is 24.3 Å². The van der Waals surface area contributed by atoms with Crippen molar-refractivity contribution in [1.29, 1.82) is 0 Å². The van der Waals surface area contributed by atoms with Gasteiger partial charge in [-0.3, -0.25) is 9.69 Å². The van der Waals surface area contributed by atoms with Crippen molar-refractivity contribution < 1.29 is 19.0 Å². The number of fused-ring (bicyclic) bond motifs is 2. The molecule has 1 unspecified atom stereocenters. The number of hydrogen-bond donors (Lipinski definition) is 1. The highest BCUT2D eigenvalue weighted by Gasteiger charge is 2.19. The molecule has 0 bridgehead atoms. The summed E-state index contributed by atoms with van der Waals surface area (Å²) in [5.74, 6) is 1.43. The van der Waals surface area contributed by atoms with Gasteiger partial charge in [0, 0.05) is 39.3 Å². The van der Waals surface area contributed by atoms with Gasteiger partial charge in [0.05, 0.1) is 17.9 Å². The Bertz CT molecular complexity index is 1370. The number of ether oxygens (including phenoxy) is 2. The van der Waals surface area contributed by atoms with E-state index in [4.69, 9.17) is 13.9 Å². The lowest BCUT2D eigenvalue weighted by molar-refractivity contribution is 0.0463. The normalized spacial score (nSPS) is 15.0. The van der Waals surface area contributed by atoms with E-state index in [-0.39, 0.29) is 36.8 Å². The molecule has 3 aromatic carbocycles. The zero-order valence-electron chi connectivity index (χ0n) is 21.4. The van der Waals surface area contributed by atoms with Crippen LogP contribution in [0.3, 0.4) is 0 Å². The summed E-state index contributed by atoms with van der Waals surface area (Å²) >= 11 is 0. The second-order valence-electron chi connectivity index (χ2n) is 9.29. The van der Waals surface area contributed by atoms with E-state index in [0.717, 1.165) is 44.9 Å². The fourth-order valence-electron chi connectivity index (χ4n) is 4.69. The third-order valence-corrected chi connectivity index (χ3v) is 6.80. The zero-order chi connectivity index (χ0) is 24.9. The molecule has 5 rings (SSSR count). The van der Waals surface area contributed by atoms with E-state index in [9.17, 15) is 9.90 Å². The molecule has 1 fully saturated rings. The number of nitrogens with zero attached hydrogens (tertiary/aromatic N) is 2. The first kappa shape index (κ1) is 29.7. The van der Waals surface area contributed by atoms with Crippen LogP contribution in [0, 0.1) is 0 Å². The Balaban J connectivity index is 0.00000200. The second kappa shape index (κ2) is 13.8. The maximum absolute atomic E-state index is 12.8. The van der Waals surface area contributed by atoms with Crippen molar-refractivity contribution >= 4 is 46.8 Å². The van der Waals surface area contributed by atoms with Crippen LogP contribution in [0.25, 0.3) is 21.9 Å². The van der Waals surface area contributed by atoms with Crippen molar-refractivity contribution in [3.8, 4) is 11.5 Å². The molecule has 1 saturated heterocycles. The van der Waals surface area contributed by atoms with Gasteiger partial charge >= 0.3 is 0 Å². The van der Waals surface area contributed by atoms with Gasteiger partial charge in [-0.2, -0.15) is 0 Å². The van der Waals surface area contributed by atoms with Gasteiger partial charge in [-0.15, -0.1) is 24.8 Å². The fourth-order valence-corrected chi connectivity index (χ4v) is 4.69. The van der Waals surface area contributed by atoms with E-state index < -0.39 is 6.10 Å². The van der Waals surface area contributed by atoms with E-state index in [1.165, 1.54) is 5.56 Å². The smallest absolute Gasteiger partial charge is 0.200 e. The number of halogens is 2. The lowest BCUT2D eigenvalue weighted by Gasteiger charge is -2.35. The van der Waals surface area contributed by atoms with Crippen LogP contribution in [0.2, 0.25) is 0 Å². The van der Waals surface area contributed by atoms with Crippen molar-refractivity contribution in [2.24, 2.45) is 0 Å². The van der Waals surface area contributed by atoms with Gasteiger partial charge in [0.1, 0.15) is 35.4 Å². The molecule has 1 aliphatic heterocycles. The predicted octanol–water partition coefficient (Wildman–Crippen LogP) is 4.40. The largest absolute Gasteiger partial charge is 0.497 e. The van der Waals surface area contributed by atoms with Gasteiger partial charge < -0.3 is 23.9 Å². The molecule has 38 heavy (non-hydrogen) atoms. The van der Waals surface area contributed by atoms with Gasteiger partial charge in [0.15, 0.2) is 0 Å². The minimum Gasteiger partial charge on any atom is -0.497 e. The lowest BCUT2D eigenvalue weighted by atomic mass is 10.1. The maximum atomic E-state index is 12.8. The topological polar surface area (TPSA) is 75.4 Å². The summed E-state index contributed by atoms with van der Waals surface area (Å²) in [6, 6.07) is 20.7. The molecule has 9 heteroatoms. The molecule has 7 nitrogen and oxygen atoms in total. The Kier molecular flexibility index (Phi) is 10.8. The lowest BCUT2D eigenvalue weighted by Crippen LogP contribution is -2.49. The third-order valence-electron chi connectivity index (χ3n) is 6.80. The summed E-state index contributed by atoms with van der Waals surface area (Å²) in [5, 5.41) is 11.6. The van der Waals surface area contributed by atoms with Gasteiger partial charge in [0.2, 0.25) is 5.43 Å². The van der Waals surface area contributed by atoms with Crippen LogP contribution in [0.4, 0.5) is 0 Å². The summed E-state index contributed by atoms with van der Waals surface area (Å²) in [4.78, 5) is 17.6. The van der Waals surface area contributed by atoms with E-state index >= 15 is 0 Å². The first-order valence-electron chi connectivity index (χ1n) is 12.4. The molecular formula is C29H34Cl2N2O5. The Morgan fingerprint density at radius 3 is 2.26 bits per heavy atom. The van der Waals surface area contributed by atoms with Gasteiger partial charge in [-0.05, 0) is 54.4 Å². The molecule has 2 heterocycles. The van der Waals surface area contributed by atoms with Crippen LogP contribution >= 0.6 is 24.8 Å². The molecule has 204 valence electrons. The van der Waals surface area contributed by atoms with Crippen LogP contribution in [0.5, 0.6) is 11.5 Å². The molecular weight excluding hydrogens is 527 g/mol. The number of benzene rings is 3. The summed E-state index contributed by atoms with van der Waals surface area (Å²) in [6.07, 6.45) is 0.403. The molecule has 1 aromatic heterocycles. The van der Waals surface area contributed by atoms with Crippen molar-refractivity contribution in [2.75, 3.05) is 53.0 Å². The zero-order valence-corrected chi connectivity index (χ0v) is 23.0. The Morgan fingerprint density at radius 1 is 0.868 bits per heavy atom. The van der Waals surface area contributed by atoms with Gasteiger partial charge in [0.25, 0.3) is 0 Å². The molecule has 1 atom stereocenters. The highest BCUT2D eigenvalue weighted by Crippen LogP contribution is 2.23. The van der Waals surface area contributed by atoms with Crippen LogP contribution in [0.1, 0.15) is 5.56 Å². The van der Waals surface area contributed by atoms with E-state index in [1.54, 1.807) is 37.4 Å². The highest BCUT2D eigenvalue weighted by molar-refractivity contribution is 5.90. The molecule has 0 saturated carbocycles. The summed E-state index contributed by atoms with van der Waals surface area (Å²) in [6.45, 7) is 5.57. The number of aliphatic hydroxyl groups is 1. The number of rotatable bonds is 9. The number of para-hydroxylation sites is 1. The minimum absolute atomic E-state index is 0. The van der Waals surface area contributed by atoms with Crippen LogP contribution in [-0.4, -0.2) is 74.0 Å². The molecule has 0 aliphatic carbocycles. The molecule has 0 spiro atoms. The Hall–Kier alpha value is -2.81. The molecule has 4 aromatic rings. The average Bonchev–Trinajstić information content (AvgIpc) is 2.92. The van der Waals surface area contributed by atoms with E-state index in [2.05, 4.69) is 21.9 Å². The summed E-state index contributed by atoms with van der Waals surface area (Å²) in [7, 11) is 1.68. The highest BCUT2D eigenvalue weighted by atomic mass is 35.5. The minimum atomic E-state index is -0.612. The Morgan fingerprint density at radius 2 is 1.53 bits per heavy atom.